The molecule has 7 nitrogen and oxygen atoms in total. The molecule has 160 valence electrons. The van der Waals surface area contributed by atoms with Gasteiger partial charge in [-0.05, 0) is 36.6 Å². The van der Waals surface area contributed by atoms with Crippen molar-refractivity contribution in [2.24, 2.45) is 5.92 Å². The fraction of sp³-hybridized carbons (Fsp3) is 0.333. The summed E-state index contributed by atoms with van der Waals surface area (Å²) in [5.41, 5.74) is 1.04. The summed E-state index contributed by atoms with van der Waals surface area (Å²) >= 11 is 6.13. The summed E-state index contributed by atoms with van der Waals surface area (Å²) in [6.45, 7) is 0.907. The predicted octanol–water partition coefficient (Wildman–Crippen LogP) is 2.84. The van der Waals surface area contributed by atoms with Crippen molar-refractivity contribution in [2.75, 3.05) is 20.2 Å². The van der Waals surface area contributed by atoms with Crippen LogP contribution in [0.5, 0.6) is 0 Å². The Morgan fingerprint density at radius 1 is 1.13 bits per heavy atom. The summed E-state index contributed by atoms with van der Waals surface area (Å²) in [7, 11) is -2.56. The van der Waals surface area contributed by atoms with Gasteiger partial charge in [-0.2, -0.15) is 0 Å². The second-order valence-corrected chi connectivity index (χ2v) is 9.19. The highest BCUT2D eigenvalue weighted by molar-refractivity contribution is 7.89. The van der Waals surface area contributed by atoms with E-state index < -0.39 is 10.0 Å². The molecular weight excluding hydrogens is 428 g/mol. The van der Waals surface area contributed by atoms with Crippen LogP contribution in [-0.2, 0) is 26.1 Å². The van der Waals surface area contributed by atoms with Crippen molar-refractivity contribution in [3.8, 4) is 0 Å². The molecule has 0 radical (unpaired) electrons. The highest BCUT2D eigenvalue weighted by atomic mass is 35.5. The number of ether oxygens (including phenoxy) is 1. The Bertz CT molecular complexity index is 1020. The van der Waals surface area contributed by atoms with E-state index in [2.05, 4.69) is 4.72 Å². The van der Waals surface area contributed by atoms with Gasteiger partial charge in [-0.3, -0.25) is 9.59 Å². The quantitative estimate of drug-likeness (QED) is 0.683. The molecule has 3 rings (SSSR count). The summed E-state index contributed by atoms with van der Waals surface area (Å²) < 4.78 is 32.8. The molecule has 1 aliphatic rings. The van der Waals surface area contributed by atoms with Gasteiger partial charge in [-0.15, -0.1) is 0 Å². The van der Waals surface area contributed by atoms with Gasteiger partial charge in [0.1, 0.15) is 4.90 Å². The topological polar surface area (TPSA) is 92.8 Å². The van der Waals surface area contributed by atoms with Crippen LogP contribution in [0.4, 0.5) is 0 Å². The number of hydrogen-bond acceptors (Lipinski definition) is 5. The van der Waals surface area contributed by atoms with Crippen LogP contribution in [0.2, 0.25) is 5.02 Å². The Hall–Kier alpha value is -2.42. The molecule has 2 aromatic rings. The minimum atomic E-state index is -3.91. The molecule has 0 saturated carbocycles. The number of methoxy groups -OCH3 is 1. The number of benzene rings is 2. The standard InChI is InChI=1S/C21H23ClN2O5S/c1-29-21(26)16-9-11-24(12-10-16)20(25)17-7-8-18(22)19(13-17)30(27,28)23-14-15-5-3-2-4-6-15/h2-8,13,16,23H,9-12,14H2,1H3. The van der Waals surface area contributed by atoms with Gasteiger partial charge in [0.25, 0.3) is 5.91 Å². The zero-order valence-corrected chi connectivity index (χ0v) is 18.1. The van der Waals surface area contributed by atoms with Gasteiger partial charge in [-0.1, -0.05) is 41.9 Å². The summed E-state index contributed by atoms with van der Waals surface area (Å²) in [5.74, 6) is -0.789. The summed E-state index contributed by atoms with van der Waals surface area (Å²) in [5, 5.41) is 0.0384. The molecule has 1 N–H and O–H groups in total. The molecule has 0 aliphatic carbocycles. The number of rotatable bonds is 6. The average Bonchev–Trinajstić information content (AvgIpc) is 2.78. The van der Waals surface area contributed by atoms with Crippen molar-refractivity contribution in [2.45, 2.75) is 24.3 Å². The lowest BCUT2D eigenvalue weighted by Crippen LogP contribution is -2.40. The Kier molecular flexibility index (Phi) is 7.12. The van der Waals surface area contributed by atoms with Crippen molar-refractivity contribution in [1.29, 1.82) is 0 Å². The van der Waals surface area contributed by atoms with E-state index in [1.54, 1.807) is 4.90 Å². The smallest absolute Gasteiger partial charge is 0.308 e. The number of carbonyl (C=O) groups is 2. The van der Waals surface area contributed by atoms with Crippen LogP contribution in [0.3, 0.4) is 0 Å². The molecule has 1 aliphatic heterocycles. The van der Waals surface area contributed by atoms with Crippen LogP contribution in [0.25, 0.3) is 0 Å². The number of amides is 1. The monoisotopic (exact) mass is 450 g/mol. The minimum absolute atomic E-state index is 0.0384. The number of halogens is 1. The van der Waals surface area contributed by atoms with Crippen molar-refractivity contribution >= 4 is 33.5 Å². The Labute approximate surface area is 181 Å². The maximum atomic E-state index is 12.9. The predicted molar refractivity (Wildman–Crippen MR) is 113 cm³/mol. The molecule has 1 fully saturated rings. The third-order valence-corrected chi connectivity index (χ3v) is 6.98. The van der Waals surface area contributed by atoms with Gasteiger partial charge >= 0.3 is 5.97 Å². The number of sulfonamides is 1. The van der Waals surface area contributed by atoms with Crippen molar-refractivity contribution in [3.63, 3.8) is 0 Å². The average molecular weight is 451 g/mol. The van der Waals surface area contributed by atoms with E-state index >= 15 is 0 Å². The van der Waals surface area contributed by atoms with Crippen LogP contribution < -0.4 is 4.72 Å². The van der Waals surface area contributed by atoms with E-state index in [-0.39, 0.29) is 39.8 Å². The molecule has 0 spiro atoms. The summed E-state index contributed by atoms with van der Waals surface area (Å²) in [6, 6.07) is 13.3. The van der Waals surface area contributed by atoms with E-state index in [0.717, 1.165) is 5.56 Å². The fourth-order valence-electron chi connectivity index (χ4n) is 3.36. The summed E-state index contributed by atoms with van der Waals surface area (Å²) in [6.07, 6.45) is 1.02. The maximum absolute atomic E-state index is 12.9. The molecule has 1 amide bonds. The van der Waals surface area contributed by atoms with Gasteiger partial charge in [0.05, 0.1) is 18.1 Å². The fourth-order valence-corrected chi connectivity index (χ4v) is 4.90. The number of nitrogens with zero attached hydrogens (tertiary/aromatic N) is 1. The molecule has 9 heteroatoms. The largest absolute Gasteiger partial charge is 0.469 e. The van der Waals surface area contributed by atoms with Crippen LogP contribution in [0.15, 0.2) is 53.4 Å². The molecule has 0 unspecified atom stereocenters. The highest BCUT2D eigenvalue weighted by Gasteiger charge is 2.29. The molecular formula is C21H23ClN2O5S. The number of likely N-dealkylation sites (tertiary alicyclic amines) is 1. The van der Waals surface area contributed by atoms with E-state index in [4.69, 9.17) is 16.3 Å². The molecule has 1 saturated heterocycles. The van der Waals surface area contributed by atoms with Crippen molar-refractivity contribution in [3.05, 3.63) is 64.7 Å². The minimum Gasteiger partial charge on any atom is -0.469 e. The molecule has 30 heavy (non-hydrogen) atoms. The normalized spacial score (nSPS) is 15.1. The number of piperidine rings is 1. The van der Waals surface area contributed by atoms with E-state index in [1.165, 1.54) is 25.3 Å². The van der Waals surface area contributed by atoms with Gasteiger partial charge in [-0.25, -0.2) is 13.1 Å². The zero-order valence-electron chi connectivity index (χ0n) is 16.5. The number of nitrogens with one attached hydrogen (secondary N) is 1. The van der Waals surface area contributed by atoms with Gasteiger partial charge in [0.2, 0.25) is 10.0 Å². The van der Waals surface area contributed by atoms with Crippen molar-refractivity contribution < 1.29 is 22.7 Å². The molecule has 0 bridgehead atoms. The first-order valence-electron chi connectivity index (χ1n) is 9.52. The molecule has 1 heterocycles. The molecule has 0 aromatic heterocycles. The van der Waals surface area contributed by atoms with Gasteiger partial charge in [0, 0.05) is 25.2 Å². The second-order valence-electron chi connectivity index (χ2n) is 7.04. The Morgan fingerprint density at radius 2 is 1.80 bits per heavy atom. The first-order valence-corrected chi connectivity index (χ1v) is 11.4. The van der Waals surface area contributed by atoms with E-state index in [9.17, 15) is 18.0 Å². The third-order valence-electron chi connectivity index (χ3n) is 5.09. The Balaban J connectivity index is 1.73. The highest BCUT2D eigenvalue weighted by Crippen LogP contribution is 2.25. The van der Waals surface area contributed by atoms with Crippen LogP contribution in [0, 0.1) is 5.92 Å². The first kappa shape index (κ1) is 22.3. The zero-order chi connectivity index (χ0) is 21.7. The van der Waals surface area contributed by atoms with E-state index in [1.807, 2.05) is 30.3 Å². The SMILES string of the molecule is COC(=O)C1CCN(C(=O)c2ccc(Cl)c(S(=O)(=O)NCc3ccccc3)c2)CC1. The number of esters is 1. The van der Waals surface area contributed by atoms with Crippen molar-refractivity contribution in [1.82, 2.24) is 9.62 Å². The number of carbonyl (C=O) groups excluding carboxylic acids is 2. The summed E-state index contributed by atoms with van der Waals surface area (Å²) in [4.78, 5) is 26.0. The van der Waals surface area contributed by atoms with Gasteiger partial charge < -0.3 is 9.64 Å². The molecule has 0 atom stereocenters. The lowest BCUT2D eigenvalue weighted by Gasteiger charge is -2.30. The maximum Gasteiger partial charge on any atom is 0.308 e. The molecule has 2 aromatic carbocycles. The van der Waals surface area contributed by atoms with Gasteiger partial charge in [0.15, 0.2) is 0 Å². The number of hydrogen-bond donors (Lipinski definition) is 1. The lowest BCUT2D eigenvalue weighted by molar-refractivity contribution is -0.146. The first-order chi connectivity index (χ1) is 14.3. The van der Waals surface area contributed by atoms with Crippen LogP contribution >= 0.6 is 11.6 Å². The van der Waals surface area contributed by atoms with Crippen LogP contribution in [0.1, 0.15) is 28.8 Å². The Morgan fingerprint density at radius 3 is 2.43 bits per heavy atom. The second kappa shape index (κ2) is 9.59. The van der Waals surface area contributed by atoms with E-state index in [0.29, 0.717) is 25.9 Å². The lowest BCUT2D eigenvalue weighted by atomic mass is 9.96. The van der Waals surface area contributed by atoms with Crippen LogP contribution in [-0.4, -0.2) is 45.4 Å². The third kappa shape index (κ3) is 5.19.